The van der Waals surface area contributed by atoms with Crippen molar-refractivity contribution in [3.8, 4) is 11.1 Å². The highest BCUT2D eigenvalue weighted by molar-refractivity contribution is 7.87. The molecule has 0 saturated carbocycles. The Labute approximate surface area is 106 Å². The summed E-state index contributed by atoms with van der Waals surface area (Å²) in [4.78, 5) is 0. The van der Waals surface area contributed by atoms with Crippen LogP contribution in [0.3, 0.4) is 0 Å². The molecule has 4 heteroatoms. The summed E-state index contributed by atoms with van der Waals surface area (Å²) in [6, 6.07) is 15.1. The second-order valence-electron chi connectivity index (χ2n) is 4.21. The summed E-state index contributed by atoms with van der Waals surface area (Å²) >= 11 is 0. The lowest BCUT2D eigenvalue weighted by Crippen LogP contribution is -2.13. The van der Waals surface area contributed by atoms with Crippen LogP contribution in [0.4, 0.5) is 0 Å². The normalized spacial score (nSPS) is 14.3. The molecule has 0 atom stereocenters. The van der Waals surface area contributed by atoms with Crippen molar-refractivity contribution in [2.45, 2.75) is 5.25 Å². The molecule has 0 saturated heterocycles. The van der Waals surface area contributed by atoms with Crippen LogP contribution >= 0.6 is 0 Å². The summed E-state index contributed by atoms with van der Waals surface area (Å²) in [7, 11) is -2.42. The van der Waals surface area contributed by atoms with E-state index < -0.39 is 15.4 Å². The van der Waals surface area contributed by atoms with Crippen molar-refractivity contribution in [3.63, 3.8) is 0 Å². The lowest BCUT2D eigenvalue weighted by molar-refractivity contribution is 0.392. The van der Waals surface area contributed by atoms with E-state index in [2.05, 4.69) is 0 Å². The largest absolute Gasteiger partial charge is 0.278 e. The van der Waals surface area contributed by atoms with Crippen molar-refractivity contribution in [3.05, 3.63) is 59.7 Å². The third-order valence-electron chi connectivity index (χ3n) is 3.30. The summed E-state index contributed by atoms with van der Waals surface area (Å²) in [6.07, 6.45) is 0. The van der Waals surface area contributed by atoms with E-state index >= 15 is 0 Å². The second kappa shape index (κ2) is 3.93. The fourth-order valence-corrected chi connectivity index (χ4v) is 3.74. The van der Waals surface area contributed by atoms with Crippen molar-refractivity contribution < 1.29 is 12.6 Å². The van der Waals surface area contributed by atoms with Gasteiger partial charge < -0.3 is 0 Å². The Morgan fingerprint density at radius 3 is 1.78 bits per heavy atom. The van der Waals surface area contributed by atoms with Gasteiger partial charge in [-0.1, -0.05) is 48.5 Å². The van der Waals surface area contributed by atoms with E-state index in [0.29, 0.717) is 0 Å². The molecule has 0 amide bonds. The fraction of sp³-hybridized carbons (Fsp3) is 0.143. The highest BCUT2D eigenvalue weighted by Crippen LogP contribution is 2.47. The third-order valence-corrected chi connectivity index (χ3v) is 4.85. The van der Waals surface area contributed by atoms with Gasteiger partial charge in [0.15, 0.2) is 0 Å². The maximum Gasteiger partial charge on any atom is 0.278 e. The summed E-state index contributed by atoms with van der Waals surface area (Å²) in [5.74, 6) is 0. The zero-order valence-electron chi connectivity index (χ0n) is 9.83. The quantitative estimate of drug-likeness (QED) is 0.780. The molecule has 92 valence electrons. The van der Waals surface area contributed by atoms with Gasteiger partial charge in [0.2, 0.25) is 0 Å². The molecule has 0 aliphatic heterocycles. The lowest BCUT2D eigenvalue weighted by atomic mass is 10.1. The summed E-state index contributed by atoms with van der Waals surface area (Å²) < 4.78 is 28.9. The minimum Gasteiger partial charge on any atom is -0.273 e. The summed E-state index contributed by atoms with van der Waals surface area (Å²) in [5.41, 5.74) is 3.53. The van der Waals surface area contributed by atoms with E-state index in [1.165, 1.54) is 7.11 Å². The van der Waals surface area contributed by atoms with Gasteiger partial charge in [0.05, 0.1) is 7.11 Å². The smallest absolute Gasteiger partial charge is 0.273 e. The monoisotopic (exact) mass is 260 g/mol. The molecular formula is C14H12O3S. The first-order chi connectivity index (χ1) is 8.65. The standard InChI is InChI=1S/C14H12O3S/c1-17-18(15,16)14-12-8-4-2-6-10(12)11-7-3-5-9-13(11)14/h2-9,14H,1H3. The number of fused-ring (bicyclic) bond motifs is 3. The molecule has 0 aromatic heterocycles. The predicted octanol–water partition coefficient (Wildman–Crippen LogP) is 2.73. The first-order valence-corrected chi connectivity index (χ1v) is 7.10. The Bertz CT molecular complexity index is 659. The molecule has 0 bridgehead atoms. The Hall–Kier alpha value is -1.65. The van der Waals surface area contributed by atoms with Crippen molar-refractivity contribution in [2.75, 3.05) is 7.11 Å². The Morgan fingerprint density at radius 2 is 1.33 bits per heavy atom. The second-order valence-corrected chi connectivity index (χ2v) is 6.00. The molecule has 2 aromatic carbocycles. The van der Waals surface area contributed by atoms with Crippen molar-refractivity contribution >= 4 is 10.1 Å². The first-order valence-electron chi connectivity index (χ1n) is 5.63. The van der Waals surface area contributed by atoms with Crippen LogP contribution in [-0.2, 0) is 14.3 Å². The molecule has 0 unspecified atom stereocenters. The lowest BCUT2D eigenvalue weighted by Gasteiger charge is -2.12. The minimum absolute atomic E-state index is 0.713. The van der Waals surface area contributed by atoms with Crippen LogP contribution in [0.15, 0.2) is 48.5 Å². The molecule has 3 rings (SSSR count). The van der Waals surface area contributed by atoms with Crippen molar-refractivity contribution in [1.29, 1.82) is 0 Å². The third kappa shape index (κ3) is 1.50. The maximum absolute atomic E-state index is 12.1. The molecule has 3 nitrogen and oxygen atoms in total. The molecule has 1 aliphatic carbocycles. The zero-order chi connectivity index (χ0) is 12.8. The molecular weight excluding hydrogens is 248 g/mol. The molecule has 0 N–H and O–H groups in total. The Morgan fingerprint density at radius 1 is 0.889 bits per heavy atom. The number of hydrogen-bond donors (Lipinski definition) is 0. The number of hydrogen-bond acceptors (Lipinski definition) is 3. The van der Waals surface area contributed by atoms with E-state index in [1.807, 2.05) is 48.5 Å². The number of rotatable bonds is 2. The fourth-order valence-electron chi connectivity index (χ4n) is 2.52. The van der Waals surface area contributed by atoms with Gasteiger partial charge in [-0.05, 0) is 22.3 Å². The molecule has 18 heavy (non-hydrogen) atoms. The number of benzene rings is 2. The van der Waals surface area contributed by atoms with E-state index in [0.717, 1.165) is 22.3 Å². The predicted molar refractivity (Wildman–Crippen MR) is 69.6 cm³/mol. The summed E-state index contributed by atoms with van der Waals surface area (Å²) in [5, 5.41) is -0.713. The maximum atomic E-state index is 12.1. The van der Waals surface area contributed by atoms with Gasteiger partial charge in [-0.3, -0.25) is 4.18 Å². The van der Waals surface area contributed by atoms with Gasteiger partial charge in [-0.25, -0.2) is 0 Å². The van der Waals surface area contributed by atoms with Gasteiger partial charge in [0.25, 0.3) is 10.1 Å². The van der Waals surface area contributed by atoms with E-state index in [-0.39, 0.29) is 0 Å². The Balaban J connectivity index is 2.34. The van der Waals surface area contributed by atoms with E-state index in [1.54, 1.807) is 0 Å². The van der Waals surface area contributed by atoms with Crippen molar-refractivity contribution in [2.24, 2.45) is 0 Å². The van der Waals surface area contributed by atoms with Gasteiger partial charge in [-0.15, -0.1) is 0 Å². The molecule has 1 aliphatic rings. The average molecular weight is 260 g/mol. The molecule has 0 heterocycles. The molecule has 0 radical (unpaired) electrons. The van der Waals surface area contributed by atoms with Crippen molar-refractivity contribution in [1.82, 2.24) is 0 Å². The minimum atomic E-state index is -3.62. The van der Waals surface area contributed by atoms with Crippen LogP contribution in [0.5, 0.6) is 0 Å². The van der Waals surface area contributed by atoms with Crippen LogP contribution in [0.1, 0.15) is 16.4 Å². The van der Waals surface area contributed by atoms with E-state index in [4.69, 9.17) is 4.18 Å². The van der Waals surface area contributed by atoms with E-state index in [9.17, 15) is 8.42 Å². The highest BCUT2D eigenvalue weighted by Gasteiger charge is 2.37. The van der Waals surface area contributed by atoms with Crippen LogP contribution < -0.4 is 0 Å². The van der Waals surface area contributed by atoms with Crippen LogP contribution in [0.2, 0.25) is 0 Å². The van der Waals surface area contributed by atoms with Gasteiger partial charge >= 0.3 is 0 Å². The molecule has 0 spiro atoms. The van der Waals surface area contributed by atoms with Crippen LogP contribution in [0.25, 0.3) is 11.1 Å². The average Bonchev–Trinajstić information content (AvgIpc) is 2.74. The Kier molecular flexibility index (Phi) is 2.50. The molecule has 0 fully saturated rings. The summed E-state index contributed by atoms with van der Waals surface area (Å²) in [6.45, 7) is 0. The highest BCUT2D eigenvalue weighted by atomic mass is 32.2. The van der Waals surface area contributed by atoms with Gasteiger partial charge in [-0.2, -0.15) is 8.42 Å². The van der Waals surface area contributed by atoms with Crippen LogP contribution in [-0.4, -0.2) is 15.5 Å². The van der Waals surface area contributed by atoms with Gasteiger partial charge in [0.1, 0.15) is 5.25 Å². The van der Waals surface area contributed by atoms with Gasteiger partial charge in [0, 0.05) is 0 Å². The molecule has 2 aromatic rings. The first kappa shape index (κ1) is 11.4. The topological polar surface area (TPSA) is 43.4 Å². The van der Waals surface area contributed by atoms with Crippen LogP contribution in [0, 0.1) is 0 Å². The SMILES string of the molecule is COS(=O)(=O)C1c2ccccc2-c2ccccc21. The zero-order valence-corrected chi connectivity index (χ0v) is 10.6.